The average molecular weight is 327 g/mol. The summed E-state index contributed by atoms with van der Waals surface area (Å²) < 4.78 is 42.9. The Hall–Kier alpha value is -2.05. The SMILES string of the molecule is COc1ccc([C@]23C[C@H]2CN(C(=O)C(F)(F)F)C3)cc1C(C)=O. The summed E-state index contributed by atoms with van der Waals surface area (Å²) >= 11 is 0. The number of rotatable bonds is 3. The van der Waals surface area contributed by atoms with Crippen molar-refractivity contribution in [3.8, 4) is 5.75 Å². The van der Waals surface area contributed by atoms with Gasteiger partial charge in [0.25, 0.3) is 0 Å². The summed E-state index contributed by atoms with van der Waals surface area (Å²) in [7, 11) is 1.46. The molecule has 0 bridgehead atoms. The molecule has 0 aromatic heterocycles. The monoisotopic (exact) mass is 327 g/mol. The lowest BCUT2D eigenvalue weighted by molar-refractivity contribution is -0.184. The van der Waals surface area contributed by atoms with Gasteiger partial charge in [-0.1, -0.05) is 6.07 Å². The lowest BCUT2D eigenvalue weighted by Crippen LogP contribution is -2.41. The molecule has 2 atom stereocenters. The number of ether oxygens (including phenoxy) is 1. The second kappa shape index (κ2) is 4.97. The fourth-order valence-corrected chi connectivity index (χ4v) is 3.56. The van der Waals surface area contributed by atoms with Crippen molar-refractivity contribution in [3.63, 3.8) is 0 Å². The van der Waals surface area contributed by atoms with Crippen molar-refractivity contribution in [2.75, 3.05) is 20.2 Å². The molecule has 1 saturated carbocycles. The molecule has 1 heterocycles. The molecule has 23 heavy (non-hydrogen) atoms. The van der Waals surface area contributed by atoms with Crippen LogP contribution in [-0.2, 0) is 10.2 Å². The fraction of sp³-hybridized carbons (Fsp3) is 0.500. The van der Waals surface area contributed by atoms with E-state index in [0.29, 0.717) is 11.3 Å². The zero-order valence-electron chi connectivity index (χ0n) is 12.7. The molecule has 3 rings (SSSR count). The number of fused-ring (bicyclic) bond motifs is 1. The predicted molar refractivity (Wildman–Crippen MR) is 75.4 cm³/mol. The van der Waals surface area contributed by atoms with Crippen molar-refractivity contribution in [2.24, 2.45) is 5.92 Å². The van der Waals surface area contributed by atoms with Gasteiger partial charge in [-0.3, -0.25) is 9.59 Å². The summed E-state index contributed by atoms with van der Waals surface area (Å²) in [6.07, 6.45) is -4.11. The topological polar surface area (TPSA) is 46.6 Å². The molecule has 2 fully saturated rings. The van der Waals surface area contributed by atoms with Gasteiger partial charge < -0.3 is 9.64 Å². The second-order valence-electron chi connectivity index (χ2n) is 6.21. The highest BCUT2D eigenvalue weighted by Gasteiger charge is 2.63. The molecule has 1 aliphatic heterocycles. The van der Waals surface area contributed by atoms with Gasteiger partial charge in [-0.15, -0.1) is 0 Å². The Bertz CT molecular complexity index is 686. The summed E-state index contributed by atoms with van der Waals surface area (Å²) in [4.78, 5) is 24.0. The molecule has 1 aromatic carbocycles. The zero-order valence-corrected chi connectivity index (χ0v) is 12.7. The van der Waals surface area contributed by atoms with Gasteiger partial charge in [-0.05, 0) is 37.0 Å². The van der Waals surface area contributed by atoms with E-state index in [9.17, 15) is 22.8 Å². The first kappa shape index (κ1) is 15.8. The molecule has 0 unspecified atom stereocenters. The highest BCUT2D eigenvalue weighted by Crippen LogP contribution is 2.59. The number of Topliss-reactive ketones (excluding diaryl/α,β-unsaturated/α-hetero) is 1. The Labute approximate surface area is 131 Å². The molecule has 124 valence electrons. The average Bonchev–Trinajstić information content (AvgIpc) is 3.06. The summed E-state index contributed by atoms with van der Waals surface area (Å²) in [5, 5.41) is 0. The summed E-state index contributed by atoms with van der Waals surface area (Å²) in [5.74, 6) is -1.50. The number of nitrogens with zero attached hydrogens (tertiary/aromatic N) is 1. The molecule has 1 aliphatic carbocycles. The molecular weight excluding hydrogens is 311 g/mol. The molecule has 1 aromatic rings. The third-order valence-electron chi connectivity index (χ3n) is 4.83. The first-order valence-corrected chi connectivity index (χ1v) is 7.24. The van der Waals surface area contributed by atoms with Gasteiger partial charge in [0.05, 0.1) is 12.7 Å². The molecule has 1 saturated heterocycles. The number of ketones is 1. The molecule has 0 radical (unpaired) electrons. The first-order valence-electron chi connectivity index (χ1n) is 7.24. The Morgan fingerprint density at radius 2 is 2.04 bits per heavy atom. The van der Waals surface area contributed by atoms with Crippen LogP contribution in [0.3, 0.4) is 0 Å². The number of hydrogen-bond donors (Lipinski definition) is 0. The van der Waals surface area contributed by atoms with Crippen LogP contribution < -0.4 is 4.74 Å². The van der Waals surface area contributed by atoms with Crippen molar-refractivity contribution >= 4 is 11.7 Å². The molecule has 2 aliphatic rings. The second-order valence-corrected chi connectivity index (χ2v) is 6.21. The summed E-state index contributed by atoms with van der Waals surface area (Å²) in [5.41, 5.74) is 0.744. The van der Waals surface area contributed by atoms with Crippen LogP contribution in [-0.4, -0.2) is 43.0 Å². The van der Waals surface area contributed by atoms with Gasteiger partial charge in [-0.25, -0.2) is 0 Å². The summed E-state index contributed by atoms with van der Waals surface area (Å²) in [6.45, 7) is 1.57. The quantitative estimate of drug-likeness (QED) is 0.802. The van der Waals surface area contributed by atoms with Crippen molar-refractivity contribution in [3.05, 3.63) is 29.3 Å². The zero-order chi connectivity index (χ0) is 17.0. The maximum Gasteiger partial charge on any atom is 0.471 e. The van der Waals surface area contributed by atoms with Crippen LogP contribution in [0.4, 0.5) is 13.2 Å². The van der Waals surface area contributed by atoms with E-state index in [1.165, 1.54) is 14.0 Å². The van der Waals surface area contributed by atoms with Gasteiger partial charge in [0.15, 0.2) is 5.78 Å². The Morgan fingerprint density at radius 3 is 2.61 bits per heavy atom. The highest BCUT2D eigenvalue weighted by molar-refractivity contribution is 5.97. The fourth-order valence-electron chi connectivity index (χ4n) is 3.56. The molecule has 0 N–H and O–H groups in total. The Kier molecular flexibility index (Phi) is 3.42. The van der Waals surface area contributed by atoms with Crippen molar-refractivity contribution in [1.82, 2.24) is 4.90 Å². The highest BCUT2D eigenvalue weighted by atomic mass is 19.4. The number of carbonyl (C=O) groups is 2. The van der Waals surface area contributed by atoms with Gasteiger partial charge in [-0.2, -0.15) is 13.2 Å². The number of benzene rings is 1. The van der Waals surface area contributed by atoms with E-state index in [-0.39, 0.29) is 24.8 Å². The molecule has 0 spiro atoms. The van der Waals surface area contributed by atoms with Crippen molar-refractivity contribution in [1.29, 1.82) is 0 Å². The van der Waals surface area contributed by atoms with Crippen molar-refractivity contribution in [2.45, 2.75) is 24.9 Å². The number of halogens is 3. The lowest BCUT2D eigenvalue weighted by Gasteiger charge is -2.22. The molecular formula is C16H16F3NO3. The Morgan fingerprint density at radius 1 is 1.35 bits per heavy atom. The smallest absolute Gasteiger partial charge is 0.471 e. The van der Waals surface area contributed by atoms with E-state index in [1.54, 1.807) is 18.2 Å². The van der Waals surface area contributed by atoms with E-state index < -0.39 is 17.5 Å². The van der Waals surface area contributed by atoms with E-state index in [0.717, 1.165) is 16.9 Å². The normalized spacial score (nSPS) is 26.0. The number of piperidine rings is 1. The first-order chi connectivity index (χ1) is 10.7. The number of methoxy groups -OCH3 is 1. The van der Waals surface area contributed by atoms with Crippen LogP contribution in [0.5, 0.6) is 5.75 Å². The van der Waals surface area contributed by atoms with E-state index in [4.69, 9.17) is 4.74 Å². The van der Waals surface area contributed by atoms with Gasteiger partial charge in [0, 0.05) is 18.5 Å². The van der Waals surface area contributed by atoms with Gasteiger partial charge in [0.2, 0.25) is 0 Å². The number of hydrogen-bond acceptors (Lipinski definition) is 3. The van der Waals surface area contributed by atoms with Gasteiger partial charge in [0.1, 0.15) is 5.75 Å². The maximum absolute atomic E-state index is 12.6. The minimum atomic E-state index is -4.84. The van der Waals surface area contributed by atoms with E-state index in [1.807, 2.05) is 0 Å². The minimum Gasteiger partial charge on any atom is -0.496 e. The number of carbonyl (C=O) groups excluding carboxylic acids is 2. The third kappa shape index (κ3) is 2.48. The predicted octanol–water partition coefficient (Wildman–Crippen LogP) is 2.56. The van der Waals surface area contributed by atoms with Crippen molar-refractivity contribution < 1.29 is 27.5 Å². The molecule has 7 heteroatoms. The molecule has 1 amide bonds. The van der Waals surface area contributed by atoms with Gasteiger partial charge >= 0.3 is 12.1 Å². The largest absolute Gasteiger partial charge is 0.496 e. The molecule has 4 nitrogen and oxygen atoms in total. The minimum absolute atomic E-state index is 0.0157. The number of amides is 1. The van der Waals surface area contributed by atoms with Crippen LogP contribution in [0.2, 0.25) is 0 Å². The van der Waals surface area contributed by atoms with E-state index in [2.05, 4.69) is 0 Å². The summed E-state index contributed by atoms with van der Waals surface area (Å²) in [6, 6.07) is 5.11. The van der Waals surface area contributed by atoms with E-state index >= 15 is 0 Å². The third-order valence-corrected chi connectivity index (χ3v) is 4.83. The standard InChI is InChI=1S/C16H16F3NO3/c1-9(21)12-5-10(3-4-13(12)23-2)15-6-11(15)7-20(8-15)14(22)16(17,18)19/h3-5,11H,6-8H2,1-2H3/t11-,15+/m0/s1. The number of alkyl halides is 3. The Balaban J connectivity index is 1.88. The number of likely N-dealkylation sites (tertiary alicyclic amines) is 1. The maximum atomic E-state index is 12.6. The lowest BCUT2D eigenvalue weighted by atomic mass is 9.92. The van der Waals surface area contributed by atoms with Crippen LogP contribution in [0, 0.1) is 5.92 Å². The van der Waals surface area contributed by atoms with Crippen LogP contribution >= 0.6 is 0 Å². The van der Waals surface area contributed by atoms with Crippen LogP contribution in [0.1, 0.15) is 29.3 Å². The van der Waals surface area contributed by atoms with Crippen LogP contribution in [0.25, 0.3) is 0 Å². The van der Waals surface area contributed by atoms with Crippen LogP contribution in [0.15, 0.2) is 18.2 Å².